The van der Waals surface area contributed by atoms with Gasteiger partial charge < -0.3 is 9.47 Å². The van der Waals surface area contributed by atoms with E-state index in [1.807, 2.05) is 0 Å². The number of ether oxygens (including phenoxy) is 2. The fraction of sp³-hybridized carbons (Fsp3) is 0.143. The van der Waals surface area contributed by atoms with Crippen LogP contribution >= 0.6 is 15.9 Å². The van der Waals surface area contributed by atoms with Crippen molar-refractivity contribution in [2.45, 2.75) is 12.5 Å². The van der Waals surface area contributed by atoms with Crippen molar-refractivity contribution >= 4 is 15.9 Å². The van der Waals surface area contributed by atoms with Crippen LogP contribution in [0.3, 0.4) is 0 Å². The first-order chi connectivity index (χ1) is 11.4. The van der Waals surface area contributed by atoms with Gasteiger partial charge in [-0.1, -0.05) is 0 Å². The molecule has 0 saturated carbocycles. The van der Waals surface area contributed by atoms with Gasteiger partial charge in [-0.25, -0.2) is 13.2 Å². The van der Waals surface area contributed by atoms with E-state index >= 15 is 0 Å². The van der Waals surface area contributed by atoms with E-state index in [0.29, 0.717) is 18.2 Å². The number of halogens is 9. The lowest BCUT2D eigenvalue weighted by Gasteiger charge is -2.19. The predicted octanol–water partition coefficient (Wildman–Crippen LogP) is 5.89. The molecule has 0 N–H and O–H groups in total. The maximum Gasteiger partial charge on any atom is 0.573 e. The first-order valence-corrected chi connectivity index (χ1v) is 6.96. The summed E-state index contributed by atoms with van der Waals surface area (Å²) in [6, 6.07) is 2.45. The summed E-state index contributed by atoms with van der Waals surface area (Å²) in [7, 11) is 0. The topological polar surface area (TPSA) is 18.5 Å². The molecule has 0 saturated heterocycles. The lowest BCUT2D eigenvalue weighted by molar-refractivity contribution is -0.275. The number of rotatable bonds is 4. The molecule has 0 heterocycles. The predicted molar refractivity (Wildman–Crippen MR) is 71.7 cm³/mol. The number of hydrogen-bond acceptors (Lipinski definition) is 2. The van der Waals surface area contributed by atoms with Crippen molar-refractivity contribution < 1.29 is 44.6 Å². The molecular weight excluding hydrogens is 432 g/mol. The van der Waals surface area contributed by atoms with Crippen molar-refractivity contribution in [3.05, 3.63) is 57.8 Å². The maximum atomic E-state index is 13.9. The quantitative estimate of drug-likeness (QED) is 0.439. The van der Waals surface area contributed by atoms with Gasteiger partial charge in [0.15, 0.2) is 23.2 Å². The van der Waals surface area contributed by atoms with Crippen molar-refractivity contribution in [3.63, 3.8) is 0 Å². The van der Waals surface area contributed by atoms with Gasteiger partial charge in [0.2, 0.25) is 0 Å². The van der Waals surface area contributed by atoms with Gasteiger partial charge in [0.05, 0.1) is 4.47 Å². The Labute approximate surface area is 143 Å². The van der Waals surface area contributed by atoms with Gasteiger partial charge >= 0.3 is 12.5 Å². The Morgan fingerprint density at radius 1 is 0.800 bits per heavy atom. The Morgan fingerprint density at radius 3 is 2.00 bits per heavy atom. The SMILES string of the molecule is Fc1cc(OC(F)(F)c2ccc(Br)c(F)c2F)ccc1OC(F)(F)F. The molecule has 0 radical (unpaired) electrons. The van der Waals surface area contributed by atoms with E-state index in [4.69, 9.17) is 0 Å². The van der Waals surface area contributed by atoms with Gasteiger partial charge in [0.25, 0.3) is 0 Å². The minimum atomic E-state index is -5.19. The third kappa shape index (κ3) is 4.53. The van der Waals surface area contributed by atoms with Gasteiger partial charge in [-0.15, -0.1) is 13.2 Å². The molecule has 2 aromatic carbocycles. The van der Waals surface area contributed by atoms with Crippen molar-refractivity contribution in [2.24, 2.45) is 0 Å². The minimum Gasteiger partial charge on any atom is -0.429 e. The Hall–Kier alpha value is -2.04. The van der Waals surface area contributed by atoms with E-state index in [1.54, 1.807) is 0 Å². The fourth-order valence-electron chi connectivity index (χ4n) is 1.71. The van der Waals surface area contributed by atoms with Crippen LogP contribution < -0.4 is 9.47 Å². The van der Waals surface area contributed by atoms with Gasteiger partial charge in [-0.05, 0) is 40.2 Å². The van der Waals surface area contributed by atoms with E-state index in [9.17, 15) is 35.1 Å². The standard InChI is InChI=1S/C14H5BrF8O2/c15-8-3-2-7(11(17)12(8)18)13(19,20)24-6-1-4-10(9(16)5-6)25-14(21,22)23/h1-5H. The Bertz CT molecular complexity index is 791. The lowest BCUT2D eigenvalue weighted by Crippen LogP contribution is -2.24. The number of benzene rings is 2. The maximum absolute atomic E-state index is 13.9. The summed E-state index contributed by atoms with van der Waals surface area (Å²) in [5, 5.41) is 0. The summed E-state index contributed by atoms with van der Waals surface area (Å²) in [6.45, 7) is 0. The second-order valence-corrected chi connectivity index (χ2v) is 5.34. The summed E-state index contributed by atoms with van der Waals surface area (Å²) in [4.78, 5) is 0. The molecule has 2 aromatic rings. The molecule has 25 heavy (non-hydrogen) atoms. The zero-order chi connectivity index (χ0) is 19.0. The average Bonchev–Trinajstić information content (AvgIpc) is 2.46. The summed E-state index contributed by atoms with van der Waals surface area (Å²) in [5.41, 5.74) is -1.48. The monoisotopic (exact) mass is 436 g/mol. The molecule has 11 heteroatoms. The highest BCUT2D eigenvalue weighted by molar-refractivity contribution is 9.10. The van der Waals surface area contributed by atoms with Crippen molar-refractivity contribution in [1.82, 2.24) is 0 Å². The van der Waals surface area contributed by atoms with Gasteiger partial charge in [0, 0.05) is 6.07 Å². The van der Waals surface area contributed by atoms with E-state index in [0.717, 1.165) is 6.07 Å². The van der Waals surface area contributed by atoms with Crippen molar-refractivity contribution in [1.29, 1.82) is 0 Å². The minimum absolute atomic E-state index is 0.183. The molecule has 0 aromatic heterocycles. The Kier molecular flexibility index (Phi) is 5.17. The number of hydrogen-bond donors (Lipinski definition) is 0. The summed E-state index contributed by atoms with van der Waals surface area (Å²) >= 11 is 2.60. The average molecular weight is 437 g/mol. The molecule has 0 spiro atoms. The van der Waals surface area contributed by atoms with Crippen LogP contribution in [-0.2, 0) is 6.11 Å². The molecule has 0 aliphatic carbocycles. The number of alkyl halides is 5. The van der Waals surface area contributed by atoms with Crippen LogP contribution in [0.15, 0.2) is 34.8 Å². The summed E-state index contributed by atoms with van der Waals surface area (Å²) in [5.74, 6) is -7.35. The van der Waals surface area contributed by atoms with Crippen LogP contribution in [0.1, 0.15) is 5.56 Å². The molecule has 136 valence electrons. The first-order valence-electron chi connectivity index (χ1n) is 6.17. The molecule has 0 fully saturated rings. The molecule has 0 aliphatic rings. The van der Waals surface area contributed by atoms with Gasteiger partial charge in [0.1, 0.15) is 11.3 Å². The van der Waals surface area contributed by atoms with Crippen LogP contribution in [-0.4, -0.2) is 6.36 Å². The highest BCUT2D eigenvalue weighted by atomic mass is 79.9. The second kappa shape index (κ2) is 6.70. The van der Waals surface area contributed by atoms with E-state index < -0.39 is 51.5 Å². The molecule has 0 amide bonds. The third-order valence-corrected chi connectivity index (χ3v) is 3.34. The largest absolute Gasteiger partial charge is 0.573 e. The molecule has 0 unspecified atom stereocenters. The molecular formula is C14H5BrF8O2. The fourth-order valence-corrected chi connectivity index (χ4v) is 2.01. The highest BCUT2D eigenvalue weighted by Crippen LogP contribution is 2.37. The van der Waals surface area contributed by atoms with Crippen LogP contribution in [0, 0.1) is 17.5 Å². The lowest BCUT2D eigenvalue weighted by atomic mass is 10.2. The van der Waals surface area contributed by atoms with Crippen molar-refractivity contribution in [3.8, 4) is 11.5 Å². The van der Waals surface area contributed by atoms with Crippen LogP contribution in [0.4, 0.5) is 35.1 Å². The van der Waals surface area contributed by atoms with Gasteiger partial charge in [-0.2, -0.15) is 8.78 Å². The molecule has 0 atom stereocenters. The molecule has 2 rings (SSSR count). The molecule has 0 aliphatic heterocycles. The molecule has 2 nitrogen and oxygen atoms in total. The first kappa shape index (κ1) is 19.3. The summed E-state index contributed by atoms with van der Waals surface area (Å²) < 4.78 is 111. The van der Waals surface area contributed by atoms with Gasteiger partial charge in [-0.3, -0.25) is 0 Å². The zero-order valence-electron chi connectivity index (χ0n) is 11.6. The smallest absolute Gasteiger partial charge is 0.429 e. The normalized spacial score (nSPS) is 12.2. The van der Waals surface area contributed by atoms with E-state index in [-0.39, 0.29) is 6.07 Å². The summed E-state index contributed by atoms with van der Waals surface area (Å²) in [6.07, 6.45) is -9.62. The molecule has 0 bridgehead atoms. The zero-order valence-corrected chi connectivity index (χ0v) is 13.2. The van der Waals surface area contributed by atoms with Crippen LogP contribution in [0.25, 0.3) is 0 Å². The highest BCUT2D eigenvalue weighted by Gasteiger charge is 2.39. The third-order valence-electron chi connectivity index (χ3n) is 2.72. The second-order valence-electron chi connectivity index (χ2n) is 4.48. The van der Waals surface area contributed by atoms with Crippen molar-refractivity contribution in [2.75, 3.05) is 0 Å². The van der Waals surface area contributed by atoms with E-state index in [1.165, 1.54) is 0 Å². The Morgan fingerprint density at radius 2 is 1.44 bits per heavy atom. The van der Waals surface area contributed by atoms with E-state index in [2.05, 4.69) is 25.4 Å². The Balaban J connectivity index is 2.29. The van der Waals surface area contributed by atoms with Crippen LogP contribution in [0.2, 0.25) is 0 Å². The van der Waals surface area contributed by atoms with Crippen LogP contribution in [0.5, 0.6) is 11.5 Å².